The summed E-state index contributed by atoms with van der Waals surface area (Å²) in [5, 5.41) is 6.43. The molecule has 104 valence electrons. The van der Waals surface area contributed by atoms with Crippen LogP contribution >= 0.6 is 0 Å². The van der Waals surface area contributed by atoms with Crippen molar-refractivity contribution in [1.29, 1.82) is 0 Å². The van der Waals surface area contributed by atoms with E-state index in [-0.39, 0.29) is 11.3 Å². The third kappa shape index (κ3) is 3.13. The van der Waals surface area contributed by atoms with E-state index in [2.05, 4.69) is 22.5 Å². The normalized spacial score (nSPS) is 23.1. The first kappa shape index (κ1) is 14.0. The minimum atomic E-state index is -0.228. The number of hydrogen-bond donors (Lipinski definition) is 2. The Morgan fingerprint density at radius 2 is 2.42 bits per heavy atom. The molecule has 0 radical (unpaired) electrons. The van der Waals surface area contributed by atoms with Crippen molar-refractivity contribution in [3.63, 3.8) is 0 Å². The molecule has 4 heteroatoms. The second kappa shape index (κ2) is 6.15. The van der Waals surface area contributed by atoms with Crippen molar-refractivity contribution in [2.75, 3.05) is 13.1 Å². The van der Waals surface area contributed by atoms with Crippen molar-refractivity contribution in [1.82, 2.24) is 15.6 Å². The molecule has 1 amide bonds. The number of carbonyl (C=O) groups is 1. The van der Waals surface area contributed by atoms with Gasteiger partial charge in [0.15, 0.2) is 0 Å². The number of nitrogens with zero attached hydrogens (tertiary/aromatic N) is 1. The Hall–Kier alpha value is -1.42. The van der Waals surface area contributed by atoms with E-state index in [1.54, 1.807) is 6.20 Å². The molecule has 0 saturated carbocycles. The molecule has 1 atom stereocenters. The molecule has 1 aromatic rings. The Morgan fingerprint density at radius 3 is 3.05 bits per heavy atom. The lowest BCUT2D eigenvalue weighted by Gasteiger charge is -2.35. The average molecular weight is 261 g/mol. The molecule has 2 N–H and O–H groups in total. The number of hydrogen-bond acceptors (Lipinski definition) is 3. The summed E-state index contributed by atoms with van der Waals surface area (Å²) in [4.78, 5) is 16.6. The number of pyridine rings is 1. The van der Waals surface area contributed by atoms with Crippen molar-refractivity contribution in [3.05, 3.63) is 29.6 Å². The highest BCUT2D eigenvalue weighted by atomic mass is 16.2. The number of aryl methyl sites for hydroxylation is 1. The van der Waals surface area contributed by atoms with Gasteiger partial charge < -0.3 is 10.6 Å². The fourth-order valence-electron chi connectivity index (χ4n) is 2.67. The van der Waals surface area contributed by atoms with E-state index in [1.165, 1.54) is 5.56 Å². The van der Waals surface area contributed by atoms with Gasteiger partial charge in [-0.25, -0.2) is 0 Å². The fourth-order valence-corrected chi connectivity index (χ4v) is 2.67. The molecule has 0 aliphatic carbocycles. The molecule has 0 bridgehead atoms. The van der Waals surface area contributed by atoms with Crippen LogP contribution in [-0.2, 0) is 11.3 Å². The quantitative estimate of drug-likeness (QED) is 0.869. The van der Waals surface area contributed by atoms with Gasteiger partial charge in [-0.15, -0.1) is 0 Å². The van der Waals surface area contributed by atoms with Gasteiger partial charge in [0.25, 0.3) is 0 Å². The third-order valence-corrected chi connectivity index (χ3v) is 4.22. The van der Waals surface area contributed by atoms with Crippen LogP contribution in [0.5, 0.6) is 0 Å². The maximum Gasteiger partial charge on any atom is 0.227 e. The van der Waals surface area contributed by atoms with Crippen LogP contribution in [0.4, 0.5) is 0 Å². The first-order valence-electron chi connectivity index (χ1n) is 7.06. The molecule has 4 nitrogen and oxygen atoms in total. The summed E-state index contributed by atoms with van der Waals surface area (Å²) in [6.07, 6.45) is 6.55. The molecule has 1 unspecified atom stereocenters. The summed E-state index contributed by atoms with van der Waals surface area (Å²) in [6, 6.07) is 1.97. The van der Waals surface area contributed by atoms with Gasteiger partial charge in [-0.2, -0.15) is 0 Å². The Morgan fingerprint density at radius 1 is 1.58 bits per heavy atom. The molecule has 2 rings (SSSR count). The van der Waals surface area contributed by atoms with E-state index in [1.807, 2.05) is 19.2 Å². The lowest BCUT2D eigenvalue weighted by Crippen LogP contribution is -2.50. The average Bonchev–Trinajstić information content (AvgIpc) is 2.46. The summed E-state index contributed by atoms with van der Waals surface area (Å²) < 4.78 is 0. The summed E-state index contributed by atoms with van der Waals surface area (Å²) in [5.74, 6) is 0.172. The van der Waals surface area contributed by atoms with Crippen LogP contribution in [0.15, 0.2) is 18.5 Å². The maximum atomic E-state index is 12.5. The molecule has 1 aliphatic heterocycles. The molecule has 1 saturated heterocycles. The highest BCUT2D eigenvalue weighted by Crippen LogP contribution is 2.30. The largest absolute Gasteiger partial charge is 0.351 e. The zero-order chi connectivity index (χ0) is 13.7. The van der Waals surface area contributed by atoms with Gasteiger partial charge in [-0.3, -0.25) is 9.78 Å². The second-order valence-electron chi connectivity index (χ2n) is 5.40. The standard InChI is InChI=1S/C15H23N3O/c1-3-15(6-4-7-17-11-15)14(19)18-10-13-9-16-8-5-12(13)2/h5,8-9,17H,3-4,6-7,10-11H2,1-2H3,(H,18,19). The molecule has 1 aliphatic rings. The number of amides is 1. The smallest absolute Gasteiger partial charge is 0.227 e. The Kier molecular flexibility index (Phi) is 4.53. The van der Waals surface area contributed by atoms with Crippen molar-refractivity contribution < 1.29 is 4.79 Å². The topological polar surface area (TPSA) is 54.0 Å². The van der Waals surface area contributed by atoms with Crippen LogP contribution in [0.1, 0.15) is 37.3 Å². The van der Waals surface area contributed by atoms with E-state index >= 15 is 0 Å². The van der Waals surface area contributed by atoms with Gasteiger partial charge in [0, 0.05) is 25.5 Å². The SMILES string of the molecule is CCC1(C(=O)NCc2cnccc2C)CCCNC1. The van der Waals surface area contributed by atoms with Gasteiger partial charge in [0.05, 0.1) is 5.41 Å². The molecular weight excluding hydrogens is 238 g/mol. The lowest BCUT2D eigenvalue weighted by atomic mass is 9.77. The summed E-state index contributed by atoms with van der Waals surface area (Å²) in [5.41, 5.74) is 2.03. The van der Waals surface area contributed by atoms with Crippen LogP contribution < -0.4 is 10.6 Å². The second-order valence-corrected chi connectivity index (χ2v) is 5.40. The van der Waals surface area contributed by atoms with Crippen molar-refractivity contribution in [2.24, 2.45) is 5.41 Å². The molecule has 1 aromatic heterocycles. The van der Waals surface area contributed by atoms with Gasteiger partial charge in [0.2, 0.25) is 5.91 Å². The van der Waals surface area contributed by atoms with Gasteiger partial charge in [-0.05, 0) is 49.9 Å². The number of nitrogens with one attached hydrogen (secondary N) is 2. The minimum Gasteiger partial charge on any atom is -0.351 e. The Bertz CT molecular complexity index is 439. The molecule has 19 heavy (non-hydrogen) atoms. The molecule has 1 fully saturated rings. The highest BCUT2D eigenvalue weighted by molar-refractivity contribution is 5.83. The van der Waals surface area contributed by atoms with E-state index in [4.69, 9.17) is 0 Å². The van der Waals surface area contributed by atoms with Gasteiger partial charge in [0.1, 0.15) is 0 Å². The Labute approximate surface area is 115 Å². The monoisotopic (exact) mass is 261 g/mol. The first-order valence-corrected chi connectivity index (χ1v) is 7.06. The zero-order valence-corrected chi connectivity index (χ0v) is 11.8. The lowest BCUT2D eigenvalue weighted by molar-refractivity contribution is -0.132. The van der Waals surface area contributed by atoms with E-state index < -0.39 is 0 Å². The minimum absolute atomic E-state index is 0.172. The number of piperidine rings is 1. The van der Waals surface area contributed by atoms with E-state index in [0.29, 0.717) is 6.54 Å². The summed E-state index contributed by atoms with van der Waals surface area (Å²) >= 11 is 0. The van der Waals surface area contributed by atoms with Crippen LogP contribution in [0.2, 0.25) is 0 Å². The zero-order valence-electron chi connectivity index (χ0n) is 11.8. The molecular formula is C15H23N3O. The van der Waals surface area contributed by atoms with Crippen LogP contribution in [-0.4, -0.2) is 24.0 Å². The molecule has 0 spiro atoms. The van der Waals surface area contributed by atoms with E-state index in [0.717, 1.165) is 37.9 Å². The predicted molar refractivity (Wildman–Crippen MR) is 75.6 cm³/mol. The van der Waals surface area contributed by atoms with Crippen LogP contribution in [0, 0.1) is 12.3 Å². The Balaban J connectivity index is 1.98. The summed E-state index contributed by atoms with van der Waals surface area (Å²) in [7, 11) is 0. The fraction of sp³-hybridized carbons (Fsp3) is 0.600. The van der Waals surface area contributed by atoms with Crippen molar-refractivity contribution >= 4 is 5.91 Å². The number of rotatable bonds is 4. The van der Waals surface area contributed by atoms with Gasteiger partial charge >= 0.3 is 0 Å². The van der Waals surface area contributed by atoms with Gasteiger partial charge in [-0.1, -0.05) is 6.92 Å². The first-order chi connectivity index (χ1) is 9.18. The molecule has 0 aromatic carbocycles. The van der Waals surface area contributed by atoms with Crippen molar-refractivity contribution in [3.8, 4) is 0 Å². The van der Waals surface area contributed by atoms with Crippen molar-refractivity contribution in [2.45, 2.75) is 39.7 Å². The van der Waals surface area contributed by atoms with E-state index in [9.17, 15) is 4.79 Å². The maximum absolute atomic E-state index is 12.5. The third-order valence-electron chi connectivity index (χ3n) is 4.22. The summed E-state index contributed by atoms with van der Waals surface area (Å²) in [6.45, 7) is 6.53. The van der Waals surface area contributed by atoms with Crippen LogP contribution in [0.3, 0.4) is 0 Å². The highest BCUT2D eigenvalue weighted by Gasteiger charge is 2.37. The van der Waals surface area contributed by atoms with Crippen LogP contribution in [0.25, 0.3) is 0 Å². The number of carbonyl (C=O) groups excluding carboxylic acids is 1. The molecule has 2 heterocycles. The number of aromatic nitrogens is 1. The predicted octanol–water partition coefficient (Wildman–Crippen LogP) is 1.79.